The summed E-state index contributed by atoms with van der Waals surface area (Å²) in [4.78, 5) is 30.5. The van der Waals surface area contributed by atoms with Crippen LogP contribution in [0.2, 0.25) is 0 Å². The number of thiophene rings is 1. The van der Waals surface area contributed by atoms with Crippen molar-refractivity contribution in [3.63, 3.8) is 0 Å². The van der Waals surface area contributed by atoms with Crippen molar-refractivity contribution >= 4 is 39.1 Å². The second-order valence-electron chi connectivity index (χ2n) is 4.47. The van der Waals surface area contributed by atoms with Crippen LogP contribution in [0, 0.1) is 0 Å². The van der Waals surface area contributed by atoms with E-state index in [-0.39, 0.29) is 17.9 Å². The molecule has 1 aromatic carbocycles. The molecule has 2 aromatic heterocycles. The summed E-state index contributed by atoms with van der Waals surface area (Å²) in [5.41, 5.74) is 0.431. The van der Waals surface area contributed by atoms with E-state index in [1.54, 1.807) is 30.0 Å². The third-order valence-electron chi connectivity index (χ3n) is 3.18. The number of hydrogen-bond donors (Lipinski definition) is 0. The molecule has 4 nitrogen and oxygen atoms in total. The molecule has 0 N–H and O–H groups in total. The van der Waals surface area contributed by atoms with Crippen LogP contribution in [0.4, 0.5) is 0 Å². The summed E-state index contributed by atoms with van der Waals surface area (Å²) in [6.45, 7) is 0.0102. The molecular weight excluding hydrogens is 304 g/mol. The van der Waals surface area contributed by atoms with Gasteiger partial charge in [0.05, 0.1) is 18.3 Å². The second kappa shape index (κ2) is 5.83. The standard InChI is InChI=1S/C15H12N2O2S2/c1-20-11-4-2-10(3-5-11)13(18)8-17-9-16-14-12(15(17)19)6-7-21-14/h2-7,9H,8H2,1H3. The summed E-state index contributed by atoms with van der Waals surface area (Å²) in [5.74, 6) is -0.0962. The molecule has 2 heterocycles. The van der Waals surface area contributed by atoms with E-state index in [4.69, 9.17) is 0 Å². The van der Waals surface area contributed by atoms with Gasteiger partial charge in [-0.25, -0.2) is 4.98 Å². The van der Waals surface area contributed by atoms with Crippen LogP contribution >= 0.6 is 23.1 Å². The van der Waals surface area contributed by atoms with Gasteiger partial charge in [-0.2, -0.15) is 0 Å². The van der Waals surface area contributed by atoms with E-state index in [9.17, 15) is 9.59 Å². The Morgan fingerprint density at radius 1 is 1.29 bits per heavy atom. The number of thioether (sulfide) groups is 1. The van der Waals surface area contributed by atoms with Crippen molar-refractivity contribution < 1.29 is 4.79 Å². The first kappa shape index (κ1) is 14.0. The number of carbonyl (C=O) groups excluding carboxylic acids is 1. The van der Waals surface area contributed by atoms with Gasteiger partial charge in [-0.05, 0) is 29.8 Å². The first-order valence-electron chi connectivity index (χ1n) is 6.29. The average molecular weight is 316 g/mol. The number of ketones is 1. The van der Waals surface area contributed by atoms with Crippen molar-refractivity contribution in [3.05, 3.63) is 58.0 Å². The van der Waals surface area contributed by atoms with Gasteiger partial charge in [0.25, 0.3) is 5.56 Å². The van der Waals surface area contributed by atoms with E-state index in [0.717, 1.165) is 4.90 Å². The quantitative estimate of drug-likeness (QED) is 0.548. The Labute approximate surface area is 129 Å². The highest BCUT2D eigenvalue weighted by molar-refractivity contribution is 7.98. The molecule has 0 aliphatic rings. The molecule has 3 aromatic rings. The fourth-order valence-corrected chi connectivity index (χ4v) is 3.16. The summed E-state index contributed by atoms with van der Waals surface area (Å²) >= 11 is 3.04. The van der Waals surface area contributed by atoms with E-state index in [2.05, 4.69) is 4.98 Å². The number of nitrogens with zero attached hydrogens (tertiary/aromatic N) is 2. The largest absolute Gasteiger partial charge is 0.292 e. The topological polar surface area (TPSA) is 52.0 Å². The first-order chi connectivity index (χ1) is 10.2. The Balaban J connectivity index is 1.88. The van der Waals surface area contributed by atoms with Crippen LogP contribution < -0.4 is 5.56 Å². The zero-order valence-corrected chi connectivity index (χ0v) is 12.9. The second-order valence-corrected chi connectivity index (χ2v) is 6.24. The van der Waals surface area contributed by atoms with E-state index < -0.39 is 0 Å². The Hall–Kier alpha value is -1.92. The molecule has 0 spiro atoms. The van der Waals surface area contributed by atoms with Crippen LogP contribution in [0.3, 0.4) is 0 Å². The molecule has 0 fully saturated rings. The number of Topliss-reactive ketones (excluding diaryl/α,β-unsaturated/α-hetero) is 1. The van der Waals surface area contributed by atoms with E-state index >= 15 is 0 Å². The number of aromatic nitrogens is 2. The van der Waals surface area contributed by atoms with Crippen molar-refractivity contribution in [1.29, 1.82) is 0 Å². The molecule has 0 bridgehead atoms. The lowest BCUT2D eigenvalue weighted by Gasteiger charge is -2.05. The number of hydrogen-bond acceptors (Lipinski definition) is 5. The lowest BCUT2D eigenvalue weighted by atomic mass is 10.1. The summed E-state index contributed by atoms with van der Waals surface area (Å²) in [5, 5.41) is 2.39. The van der Waals surface area contributed by atoms with Crippen LogP contribution in [0.15, 0.2) is 51.7 Å². The third-order valence-corrected chi connectivity index (χ3v) is 4.74. The van der Waals surface area contributed by atoms with E-state index in [1.165, 1.54) is 22.2 Å². The van der Waals surface area contributed by atoms with Crippen molar-refractivity contribution in [2.45, 2.75) is 11.4 Å². The van der Waals surface area contributed by atoms with E-state index in [0.29, 0.717) is 15.8 Å². The summed E-state index contributed by atoms with van der Waals surface area (Å²) in [6.07, 6.45) is 3.42. The van der Waals surface area contributed by atoms with Gasteiger partial charge in [-0.15, -0.1) is 23.1 Å². The third kappa shape index (κ3) is 2.77. The Bertz CT molecular complexity index is 850. The maximum absolute atomic E-state index is 12.2. The monoisotopic (exact) mass is 316 g/mol. The molecule has 6 heteroatoms. The molecule has 0 saturated carbocycles. The Morgan fingerprint density at radius 2 is 2.05 bits per heavy atom. The van der Waals surface area contributed by atoms with E-state index in [1.807, 2.05) is 23.8 Å². The Kier molecular flexibility index (Phi) is 3.90. The van der Waals surface area contributed by atoms with Gasteiger partial charge in [0.15, 0.2) is 5.78 Å². The lowest BCUT2D eigenvalue weighted by Crippen LogP contribution is -2.24. The highest BCUT2D eigenvalue weighted by atomic mass is 32.2. The zero-order valence-electron chi connectivity index (χ0n) is 11.3. The predicted molar refractivity (Wildman–Crippen MR) is 86.4 cm³/mol. The average Bonchev–Trinajstić information content (AvgIpc) is 2.99. The molecule has 0 saturated heterocycles. The van der Waals surface area contributed by atoms with Gasteiger partial charge in [0.1, 0.15) is 4.83 Å². The van der Waals surface area contributed by atoms with Gasteiger partial charge in [0, 0.05) is 10.5 Å². The molecule has 0 aliphatic carbocycles. The maximum Gasteiger partial charge on any atom is 0.262 e. The normalized spacial score (nSPS) is 10.9. The fraction of sp³-hybridized carbons (Fsp3) is 0.133. The predicted octanol–water partition coefficient (Wildman–Crippen LogP) is 3.06. The minimum atomic E-state index is -0.171. The number of carbonyl (C=O) groups is 1. The summed E-state index contributed by atoms with van der Waals surface area (Å²) < 4.78 is 1.36. The molecule has 3 rings (SSSR count). The molecule has 0 unspecified atom stereocenters. The molecular formula is C15H12N2O2S2. The van der Waals surface area contributed by atoms with Crippen LogP contribution in [0.1, 0.15) is 10.4 Å². The van der Waals surface area contributed by atoms with Crippen molar-refractivity contribution in [2.24, 2.45) is 0 Å². The van der Waals surface area contributed by atoms with Crippen molar-refractivity contribution in [2.75, 3.05) is 6.26 Å². The number of rotatable bonds is 4. The molecule has 0 aliphatic heterocycles. The lowest BCUT2D eigenvalue weighted by molar-refractivity contribution is 0.0970. The molecule has 0 amide bonds. The van der Waals surface area contributed by atoms with Crippen LogP contribution in [0.5, 0.6) is 0 Å². The highest BCUT2D eigenvalue weighted by Crippen LogP contribution is 2.16. The van der Waals surface area contributed by atoms with Gasteiger partial charge in [0.2, 0.25) is 0 Å². The van der Waals surface area contributed by atoms with Gasteiger partial charge < -0.3 is 0 Å². The van der Waals surface area contributed by atoms with Gasteiger partial charge in [-0.1, -0.05) is 12.1 Å². The highest BCUT2D eigenvalue weighted by Gasteiger charge is 2.10. The molecule has 0 radical (unpaired) electrons. The smallest absolute Gasteiger partial charge is 0.262 e. The zero-order chi connectivity index (χ0) is 14.8. The number of benzene rings is 1. The van der Waals surface area contributed by atoms with Crippen LogP contribution in [-0.4, -0.2) is 21.6 Å². The summed E-state index contributed by atoms with van der Waals surface area (Å²) in [7, 11) is 0. The number of fused-ring (bicyclic) bond motifs is 1. The minimum Gasteiger partial charge on any atom is -0.292 e. The first-order valence-corrected chi connectivity index (χ1v) is 8.39. The SMILES string of the molecule is CSc1ccc(C(=O)Cn2cnc3sccc3c2=O)cc1. The maximum atomic E-state index is 12.2. The van der Waals surface area contributed by atoms with Gasteiger partial charge in [-0.3, -0.25) is 14.2 Å². The van der Waals surface area contributed by atoms with Gasteiger partial charge >= 0.3 is 0 Å². The molecule has 21 heavy (non-hydrogen) atoms. The van der Waals surface area contributed by atoms with Crippen molar-refractivity contribution in [1.82, 2.24) is 9.55 Å². The molecule has 106 valence electrons. The molecule has 0 atom stereocenters. The van der Waals surface area contributed by atoms with Crippen molar-refractivity contribution in [3.8, 4) is 0 Å². The van der Waals surface area contributed by atoms with Crippen LogP contribution in [-0.2, 0) is 6.54 Å². The van der Waals surface area contributed by atoms with Crippen LogP contribution in [0.25, 0.3) is 10.2 Å². The fourth-order valence-electron chi connectivity index (χ4n) is 2.03. The summed E-state index contributed by atoms with van der Waals surface area (Å²) in [6, 6.07) is 9.12. The minimum absolute atomic E-state index is 0.0102. The Morgan fingerprint density at radius 3 is 2.76 bits per heavy atom.